The number of anilines is 2. The average Bonchev–Trinajstić information content (AvgIpc) is 3.35. The molecule has 13 heteroatoms. The van der Waals surface area contributed by atoms with Crippen LogP contribution in [0.3, 0.4) is 0 Å². The number of urea groups is 1. The van der Waals surface area contributed by atoms with Crippen molar-refractivity contribution in [1.82, 2.24) is 14.5 Å². The maximum Gasteiger partial charge on any atom is 0.322 e. The van der Waals surface area contributed by atoms with Gasteiger partial charge in [-0.3, -0.25) is 10.1 Å². The lowest BCUT2D eigenvalue weighted by atomic mass is 10.0. The number of hydrogen-bond donors (Lipinski definition) is 5. The Morgan fingerprint density at radius 1 is 1.23 bits per heavy atom. The number of rotatable bonds is 8. The molecule has 3 aliphatic heterocycles. The highest BCUT2D eigenvalue weighted by Crippen LogP contribution is 2.36. The number of benzene rings is 1. The Morgan fingerprint density at radius 3 is 2.60 bits per heavy atom. The summed E-state index contributed by atoms with van der Waals surface area (Å²) in [5.41, 5.74) is 6.78. The quantitative estimate of drug-likeness (QED) is 0.237. The molecule has 6 N–H and O–H groups in total. The van der Waals surface area contributed by atoms with Gasteiger partial charge in [0.05, 0.1) is 6.04 Å². The molecule has 0 radical (unpaired) electrons. The number of epoxide rings is 1. The maximum atomic E-state index is 12.6. The third-order valence-corrected chi connectivity index (χ3v) is 6.66. The summed E-state index contributed by atoms with van der Waals surface area (Å²) in [5, 5.41) is 18.0. The summed E-state index contributed by atoms with van der Waals surface area (Å²) in [7, 11) is -4.04. The number of hydrogen-bond acceptors (Lipinski definition) is 9. The Bertz CT molecular complexity index is 925. The van der Waals surface area contributed by atoms with Crippen LogP contribution in [-0.4, -0.2) is 84.8 Å². The Morgan fingerprint density at radius 2 is 1.93 bits per heavy atom. The summed E-state index contributed by atoms with van der Waals surface area (Å²) >= 11 is 0. The molecule has 0 spiro atoms. The molecule has 12 nitrogen and oxygen atoms in total. The van der Waals surface area contributed by atoms with Gasteiger partial charge in [-0.25, -0.2) is 17.5 Å². The minimum atomic E-state index is -4.04. The summed E-state index contributed by atoms with van der Waals surface area (Å²) in [6.45, 7) is 1.44. The predicted octanol–water partition coefficient (Wildman–Crippen LogP) is -1.57. The van der Waals surface area contributed by atoms with Gasteiger partial charge in [0.2, 0.25) is 0 Å². The van der Waals surface area contributed by atoms with Gasteiger partial charge in [-0.15, -0.1) is 0 Å². The highest BCUT2D eigenvalue weighted by Gasteiger charge is 2.59. The third-order valence-electron chi connectivity index (χ3n) is 5.29. The molecular formula is C17H24N6O6S. The van der Waals surface area contributed by atoms with Crippen LogP contribution >= 0.6 is 0 Å². The van der Waals surface area contributed by atoms with Crippen molar-refractivity contribution in [3.63, 3.8) is 0 Å². The first kappa shape index (κ1) is 20.8. The molecule has 3 fully saturated rings. The molecule has 30 heavy (non-hydrogen) atoms. The summed E-state index contributed by atoms with van der Waals surface area (Å²) in [5.74, 6) is -1.83. The van der Waals surface area contributed by atoms with Gasteiger partial charge in [0, 0.05) is 31.0 Å². The first-order valence-corrected chi connectivity index (χ1v) is 11.2. The zero-order valence-corrected chi connectivity index (χ0v) is 16.8. The standard InChI is InChI=1S/C17H24N6O6S/c18-6-7-19-14-15(29-14)20-10-1-3-11(4-2-10)21-17(26)22-8-5-12-13(22)16(25)23(12)30(27,28)9-24/h1-4,12-15,19-20,24H,5-9,18H2,(H,21,26). The zero-order chi connectivity index (χ0) is 21.5. The van der Waals surface area contributed by atoms with Crippen LogP contribution in [0, 0.1) is 0 Å². The molecule has 1 aromatic carbocycles. The molecule has 0 saturated carbocycles. The number of β-lactam (4-membered cyclic amide) rings is 1. The second-order valence-electron chi connectivity index (χ2n) is 7.24. The number of aliphatic hydroxyl groups is 1. The SMILES string of the molecule is NCCNC1OC1Nc1ccc(NC(=O)N2CCC3C2C(=O)N3S(=O)(=O)CO)cc1. The van der Waals surface area contributed by atoms with Crippen LogP contribution in [0.5, 0.6) is 0 Å². The number of nitrogens with two attached hydrogens (primary N) is 1. The van der Waals surface area contributed by atoms with Crippen LogP contribution in [0.1, 0.15) is 6.42 Å². The number of fused-ring (bicyclic) bond motifs is 1. The van der Waals surface area contributed by atoms with Gasteiger partial charge in [-0.05, 0) is 30.7 Å². The average molecular weight is 440 g/mol. The highest BCUT2D eigenvalue weighted by molar-refractivity contribution is 7.89. The number of nitrogens with zero attached hydrogens (tertiary/aromatic N) is 2. The monoisotopic (exact) mass is 440 g/mol. The first-order valence-electron chi connectivity index (χ1n) is 9.55. The van der Waals surface area contributed by atoms with E-state index < -0.39 is 40.0 Å². The largest absolute Gasteiger partial charge is 0.378 e. The lowest BCUT2D eigenvalue weighted by Gasteiger charge is -2.43. The molecule has 4 atom stereocenters. The molecule has 3 saturated heterocycles. The number of nitrogens with one attached hydrogen (secondary N) is 3. The van der Waals surface area contributed by atoms with Gasteiger partial charge in [0.15, 0.2) is 18.4 Å². The van der Waals surface area contributed by atoms with E-state index in [1.807, 2.05) is 0 Å². The molecular weight excluding hydrogens is 416 g/mol. The van der Waals surface area contributed by atoms with E-state index in [1.165, 1.54) is 4.90 Å². The number of amides is 3. The molecule has 0 aromatic heterocycles. The highest BCUT2D eigenvalue weighted by atomic mass is 32.2. The minimum Gasteiger partial charge on any atom is -0.378 e. The van der Waals surface area contributed by atoms with Crippen molar-refractivity contribution in [2.45, 2.75) is 31.0 Å². The second kappa shape index (κ2) is 8.00. The van der Waals surface area contributed by atoms with Crippen molar-refractivity contribution in [3.8, 4) is 0 Å². The van der Waals surface area contributed by atoms with Crippen molar-refractivity contribution < 1.29 is 27.9 Å². The van der Waals surface area contributed by atoms with Crippen LogP contribution in [0.4, 0.5) is 16.2 Å². The fraction of sp³-hybridized carbons (Fsp3) is 0.529. The van der Waals surface area contributed by atoms with Gasteiger partial charge >= 0.3 is 6.03 Å². The zero-order valence-electron chi connectivity index (χ0n) is 16.0. The number of carbonyl (C=O) groups excluding carboxylic acids is 2. The van der Waals surface area contributed by atoms with E-state index in [0.29, 0.717) is 29.5 Å². The number of aliphatic hydroxyl groups excluding tert-OH is 1. The lowest BCUT2D eigenvalue weighted by molar-refractivity contribution is -0.142. The van der Waals surface area contributed by atoms with E-state index in [2.05, 4.69) is 16.0 Å². The number of carbonyl (C=O) groups is 2. The van der Waals surface area contributed by atoms with Crippen molar-refractivity contribution in [2.75, 3.05) is 36.2 Å². The fourth-order valence-corrected chi connectivity index (χ4v) is 4.92. The van der Waals surface area contributed by atoms with Crippen molar-refractivity contribution in [1.29, 1.82) is 0 Å². The first-order chi connectivity index (χ1) is 14.4. The molecule has 4 unspecified atom stereocenters. The molecule has 3 amide bonds. The summed E-state index contributed by atoms with van der Waals surface area (Å²) in [6, 6.07) is 5.08. The van der Waals surface area contributed by atoms with E-state index in [1.54, 1.807) is 24.3 Å². The van der Waals surface area contributed by atoms with Crippen LogP contribution in [0.15, 0.2) is 24.3 Å². The molecule has 0 aliphatic carbocycles. The smallest absolute Gasteiger partial charge is 0.322 e. The summed E-state index contributed by atoms with van der Waals surface area (Å²) in [4.78, 5) is 26.2. The van der Waals surface area contributed by atoms with Crippen molar-refractivity contribution in [3.05, 3.63) is 24.3 Å². The molecule has 4 rings (SSSR count). The van der Waals surface area contributed by atoms with Crippen molar-refractivity contribution in [2.24, 2.45) is 5.73 Å². The van der Waals surface area contributed by atoms with Crippen LogP contribution in [-0.2, 0) is 19.6 Å². The Hall–Kier alpha value is -2.45. The van der Waals surface area contributed by atoms with Gasteiger partial charge < -0.3 is 31.1 Å². The van der Waals surface area contributed by atoms with Crippen molar-refractivity contribution >= 4 is 33.3 Å². The summed E-state index contributed by atoms with van der Waals surface area (Å²) in [6.07, 6.45) is 0.124. The maximum absolute atomic E-state index is 12.6. The molecule has 164 valence electrons. The molecule has 0 bridgehead atoms. The number of ether oxygens (including phenoxy) is 1. The van der Waals surface area contributed by atoms with Gasteiger partial charge in [0.25, 0.3) is 15.9 Å². The van der Waals surface area contributed by atoms with E-state index >= 15 is 0 Å². The number of likely N-dealkylation sites (tertiary alicyclic amines) is 1. The lowest BCUT2D eigenvalue weighted by Crippen LogP contribution is -2.69. The minimum absolute atomic E-state index is 0.0785. The fourth-order valence-electron chi connectivity index (χ4n) is 3.78. The third kappa shape index (κ3) is 3.81. The van der Waals surface area contributed by atoms with E-state index in [9.17, 15) is 18.0 Å². The van der Waals surface area contributed by atoms with E-state index in [4.69, 9.17) is 15.6 Å². The van der Waals surface area contributed by atoms with E-state index in [-0.39, 0.29) is 19.0 Å². The van der Waals surface area contributed by atoms with Gasteiger partial charge in [-0.2, -0.15) is 0 Å². The van der Waals surface area contributed by atoms with Gasteiger partial charge in [0.1, 0.15) is 6.04 Å². The second-order valence-corrected chi connectivity index (χ2v) is 9.06. The summed E-state index contributed by atoms with van der Waals surface area (Å²) < 4.78 is 29.7. The molecule has 3 heterocycles. The van der Waals surface area contributed by atoms with Crippen LogP contribution in [0.2, 0.25) is 0 Å². The van der Waals surface area contributed by atoms with E-state index in [0.717, 1.165) is 5.69 Å². The number of sulfonamides is 1. The van der Waals surface area contributed by atoms with Crippen LogP contribution in [0.25, 0.3) is 0 Å². The predicted molar refractivity (Wildman–Crippen MR) is 107 cm³/mol. The Kier molecular flexibility index (Phi) is 5.55. The molecule has 1 aromatic rings. The normalized spacial score (nSPS) is 27.5. The topological polar surface area (TPSA) is 170 Å². The Labute approximate surface area is 173 Å². The van der Waals surface area contributed by atoms with Gasteiger partial charge in [-0.1, -0.05) is 0 Å². The van der Waals surface area contributed by atoms with Crippen LogP contribution < -0.4 is 21.7 Å². The molecule has 3 aliphatic rings. The Balaban J connectivity index is 1.30.